The molecule has 0 aliphatic carbocycles. The van der Waals surface area contributed by atoms with Crippen molar-refractivity contribution in [2.24, 2.45) is 0 Å². The Morgan fingerprint density at radius 2 is 2.29 bits per heavy atom. The molecule has 0 fully saturated rings. The van der Waals surface area contributed by atoms with Gasteiger partial charge < -0.3 is 5.32 Å². The van der Waals surface area contributed by atoms with Gasteiger partial charge in [0, 0.05) is 11.9 Å². The molecule has 0 amide bonds. The summed E-state index contributed by atoms with van der Waals surface area (Å²) in [5.74, 6) is 0. The first-order valence-corrected chi connectivity index (χ1v) is 5.95. The minimum atomic E-state index is 0.931. The zero-order valence-corrected chi connectivity index (χ0v) is 10.0. The second-order valence-corrected chi connectivity index (χ2v) is 3.95. The molecule has 14 heavy (non-hydrogen) atoms. The summed E-state index contributed by atoms with van der Waals surface area (Å²) in [5, 5.41) is 4.17. The maximum absolute atomic E-state index is 3.40. The molecular weight excluding hydrogens is 238 g/mol. The summed E-state index contributed by atoms with van der Waals surface area (Å²) >= 11 is 3.40. The van der Waals surface area contributed by atoms with Crippen LogP contribution in [0, 0.1) is 0 Å². The van der Waals surface area contributed by atoms with E-state index >= 15 is 0 Å². The second-order valence-electron chi connectivity index (χ2n) is 3.16. The van der Waals surface area contributed by atoms with Gasteiger partial charge in [-0.3, -0.25) is 0 Å². The van der Waals surface area contributed by atoms with Crippen LogP contribution in [-0.4, -0.2) is 12.4 Å². The van der Waals surface area contributed by atoms with Gasteiger partial charge in [-0.15, -0.1) is 0 Å². The highest BCUT2D eigenvalue weighted by Crippen LogP contribution is 2.07. The van der Waals surface area contributed by atoms with E-state index in [9.17, 15) is 0 Å². The Bertz CT molecular complexity index is 294. The molecule has 1 nitrogen and oxygen atoms in total. The van der Waals surface area contributed by atoms with Crippen LogP contribution in [0.25, 0.3) is 6.08 Å². The van der Waals surface area contributed by atoms with E-state index in [4.69, 9.17) is 0 Å². The van der Waals surface area contributed by atoms with Crippen molar-refractivity contribution in [3.05, 3.63) is 41.5 Å². The van der Waals surface area contributed by atoms with Gasteiger partial charge >= 0.3 is 0 Å². The number of hydrogen-bond donors (Lipinski definition) is 1. The van der Waals surface area contributed by atoms with Crippen molar-refractivity contribution in [3.8, 4) is 0 Å². The number of benzene rings is 1. The van der Waals surface area contributed by atoms with Crippen molar-refractivity contribution in [2.75, 3.05) is 12.4 Å². The van der Waals surface area contributed by atoms with Crippen LogP contribution in [0.5, 0.6) is 0 Å². The van der Waals surface area contributed by atoms with E-state index in [1.807, 2.05) is 7.05 Å². The Balaban J connectivity index is 2.63. The molecule has 1 aromatic rings. The summed E-state index contributed by atoms with van der Waals surface area (Å²) in [5.41, 5.74) is 2.60. The monoisotopic (exact) mass is 253 g/mol. The largest absolute Gasteiger partial charge is 0.316 e. The molecule has 0 spiro atoms. The molecule has 0 saturated heterocycles. The fourth-order valence-electron chi connectivity index (χ4n) is 1.29. The number of allylic oxidation sites excluding steroid dienone is 1. The van der Waals surface area contributed by atoms with Gasteiger partial charge in [-0.05, 0) is 24.6 Å². The molecule has 0 radical (unpaired) electrons. The van der Waals surface area contributed by atoms with Gasteiger partial charge in [0.15, 0.2) is 0 Å². The van der Waals surface area contributed by atoms with Gasteiger partial charge in [-0.2, -0.15) is 0 Å². The number of hydrogen-bond acceptors (Lipinski definition) is 1. The summed E-state index contributed by atoms with van der Waals surface area (Å²) in [6.07, 6.45) is 5.43. The normalized spacial score (nSPS) is 11.0. The van der Waals surface area contributed by atoms with Crippen LogP contribution in [0.1, 0.15) is 17.5 Å². The zero-order valence-electron chi connectivity index (χ0n) is 8.46. The van der Waals surface area contributed by atoms with E-state index < -0.39 is 0 Å². The Morgan fingerprint density at radius 1 is 1.43 bits per heavy atom. The van der Waals surface area contributed by atoms with Gasteiger partial charge in [0.05, 0.1) is 0 Å². The smallest absolute Gasteiger partial charge is 0.0202 e. The number of nitrogens with one attached hydrogen (secondary N) is 1. The Labute approximate surface area is 94.3 Å². The molecule has 0 aromatic heterocycles. The molecule has 0 atom stereocenters. The lowest BCUT2D eigenvalue weighted by Gasteiger charge is -2.00. The minimum absolute atomic E-state index is 0.931. The predicted molar refractivity (Wildman–Crippen MR) is 66.7 cm³/mol. The summed E-state index contributed by atoms with van der Waals surface area (Å²) in [4.78, 5) is 0. The molecule has 1 N–H and O–H groups in total. The molecule has 0 saturated carbocycles. The first-order valence-electron chi connectivity index (χ1n) is 4.83. The van der Waals surface area contributed by atoms with E-state index in [2.05, 4.69) is 57.7 Å². The number of halogens is 1. The van der Waals surface area contributed by atoms with Crippen LogP contribution in [0.2, 0.25) is 0 Å². The molecule has 0 heterocycles. The molecule has 0 unspecified atom stereocenters. The van der Waals surface area contributed by atoms with Crippen LogP contribution in [-0.2, 0) is 6.54 Å². The van der Waals surface area contributed by atoms with E-state index in [1.165, 1.54) is 11.1 Å². The highest BCUT2D eigenvalue weighted by molar-refractivity contribution is 9.09. The highest BCUT2D eigenvalue weighted by atomic mass is 79.9. The fraction of sp³-hybridized carbons (Fsp3) is 0.333. The number of rotatable bonds is 5. The zero-order chi connectivity index (χ0) is 10.2. The quantitative estimate of drug-likeness (QED) is 0.795. The molecular formula is C12H16BrN. The first-order chi connectivity index (χ1) is 6.86. The average molecular weight is 254 g/mol. The third-order valence-electron chi connectivity index (χ3n) is 1.92. The van der Waals surface area contributed by atoms with Crippen molar-refractivity contribution in [1.29, 1.82) is 0 Å². The maximum atomic E-state index is 3.40. The van der Waals surface area contributed by atoms with Crippen LogP contribution in [0.4, 0.5) is 0 Å². The SMILES string of the molecule is CNCc1cccc(C=CCCBr)c1. The number of alkyl halides is 1. The summed E-state index contributed by atoms with van der Waals surface area (Å²) < 4.78 is 0. The second kappa shape index (κ2) is 6.80. The fourth-order valence-corrected chi connectivity index (χ4v) is 1.56. The van der Waals surface area contributed by atoms with Crippen LogP contribution in [0.15, 0.2) is 30.3 Å². The van der Waals surface area contributed by atoms with Gasteiger partial charge in [-0.25, -0.2) is 0 Å². The Kier molecular flexibility index (Phi) is 5.57. The Hall–Kier alpha value is -0.600. The van der Waals surface area contributed by atoms with Crippen LogP contribution >= 0.6 is 15.9 Å². The molecule has 76 valence electrons. The Morgan fingerprint density at radius 3 is 3.00 bits per heavy atom. The van der Waals surface area contributed by atoms with Gasteiger partial charge in [0.1, 0.15) is 0 Å². The molecule has 1 rings (SSSR count). The topological polar surface area (TPSA) is 12.0 Å². The standard InChI is InChI=1S/C12H16BrN/c1-14-10-12-7-4-6-11(9-12)5-2-3-8-13/h2,4-7,9,14H,3,8,10H2,1H3. The lowest BCUT2D eigenvalue weighted by atomic mass is 10.1. The molecule has 0 bridgehead atoms. The maximum Gasteiger partial charge on any atom is 0.0202 e. The van der Waals surface area contributed by atoms with Crippen molar-refractivity contribution in [1.82, 2.24) is 5.32 Å². The molecule has 0 aliphatic heterocycles. The first kappa shape index (κ1) is 11.5. The molecule has 0 aliphatic rings. The van der Waals surface area contributed by atoms with E-state index in [1.54, 1.807) is 0 Å². The molecule has 2 heteroatoms. The lowest BCUT2D eigenvalue weighted by Crippen LogP contribution is -2.04. The summed E-state index contributed by atoms with van der Waals surface area (Å²) in [7, 11) is 1.97. The van der Waals surface area contributed by atoms with Crippen molar-refractivity contribution >= 4 is 22.0 Å². The van der Waals surface area contributed by atoms with Crippen molar-refractivity contribution in [3.63, 3.8) is 0 Å². The van der Waals surface area contributed by atoms with E-state index in [-0.39, 0.29) is 0 Å². The van der Waals surface area contributed by atoms with Gasteiger partial charge in [0.2, 0.25) is 0 Å². The minimum Gasteiger partial charge on any atom is -0.316 e. The van der Waals surface area contributed by atoms with Gasteiger partial charge in [0.25, 0.3) is 0 Å². The average Bonchev–Trinajstić information content (AvgIpc) is 2.19. The van der Waals surface area contributed by atoms with Crippen LogP contribution < -0.4 is 5.32 Å². The van der Waals surface area contributed by atoms with Crippen molar-refractivity contribution in [2.45, 2.75) is 13.0 Å². The lowest BCUT2D eigenvalue weighted by molar-refractivity contribution is 0.818. The van der Waals surface area contributed by atoms with E-state index in [0.717, 1.165) is 18.3 Å². The molecule has 1 aromatic carbocycles. The van der Waals surface area contributed by atoms with Crippen molar-refractivity contribution < 1.29 is 0 Å². The highest BCUT2D eigenvalue weighted by Gasteiger charge is 1.91. The predicted octanol–water partition coefficient (Wildman–Crippen LogP) is 3.20. The van der Waals surface area contributed by atoms with Gasteiger partial charge in [-0.1, -0.05) is 52.3 Å². The summed E-state index contributed by atoms with van der Waals surface area (Å²) in [6.45, 7) is 0.931. The third kappa shape index (κ3) is 4.07. The van der Waals surface area contributed by atoms with E-state index in [0.29, 0.717) is 0 Å². The van der Waals surface area contributed by atoms with Crippen LogP contribution in [0.3, 0.4) is 0 Å². The summed E-state index contributed by atoms with van der Waals surface area (Å²) in [6, 6.07) is 8.57. The third-order valence-corrected chi connectivity index (χ3v) is 2.38.